The van der Waals surface area contributed by atoms with E-state index in [4.69, 9.17) is 16.9 Å². The molecule has 1 unspecified atom stereocenters. The van der Waals surface area contributed by atoms with Crippen LogP contribution in [0.1, 0.15) is 17.5 Å². The van der Waals surface area contributed by atoms with Crippen LogP contribution in [0.4, 0.5) is 5.69 Å². The van der Waals surface area contributed by atoms with E-state index >= 15 is 0 Å². The summed E-state index contributed by atoms with van der Waals surface area (Å²) in [5.74, 6) is 0.0469. The Morgan fingerprint density at radius 3 is 2.86 bits per heavy atom. The molecule has 1 aliphatic rings. The van der Waals surface area contributed by atoms with Gasteiger partial charge >= 0.3 is 0 Å². The van der Waals surface area contributed by atoms with Crippen LogP contribution in [-0.4, -0.2) is 28.7 Å². The zero-order valence-electron chi connectivity index (χ0n) is 15.0. The lowest BCUT2D eigenvalue weighted by Crippen LogP contribution is -2.38. The molecule has 0 aliphatic carbocycles. The molecule has 1 aliphatic heterocycles. The minimum atomic E-state index is -0.248. The third kappa shape index (κ3) is 3.63. The summed E-state index contributed by atoms with van der Waals surface area (Å²) in [6, 6.07) is 16.5. The Morgan fingerprint density at radius 2 is 2.11 bits per heavy atom. The molecule has 1 amide bonds. The van der Waals surface area contributed by atoms with Crippen molar-refractivity contribution in [2.45, 2.75) is 19.0 Å². The highest BCUT2D eigenvalue weighted by Gasteiger charge is 2.32. The Balaban J connectivity index is 1.44. The molecule has 28 heavy (non-hydrogen) atoms. The van der Waals surface area contributed by atoms with Gasteiger partial charge in [0.05, 0.1) is 29.6 Å². The van der Waals surface area contributed by atoms with Gasteiger partial charge in [0.15, 0.2) is 0 Å². The van der Waals surface area contributed by atoms with Crippen molar-refractivity contribution >= 4 is 23.2 Å². The number of nitrogens with one attached hydrogen (secondary N) is 2. The van der Waals surface area contributed by atoms with Crippen molar-refractivity contribution in [1.82, 2.24) is 15.5 Å². The maximum atomic E-state index is 12.8. The van der Waals surface area contributed by atoms with Gasteiger partial charge in [-0.25, -0.2) is 0 Å². The van der Waals surface area contributed by atoms with E-state index in [0.717, 1.165) is 28.9 Å². The molecule has 7 heteroatoms. The summed E-state index contributed by atoms with van der Waals surface area (Å²) in [5.41, 5.74) is 4.24. The van der Waals surface area contributed by atoms with Gasteiger partial charge in [-0.2, -0.15) is 10.4 Å². The molecule has 6 nitrogen and oxygen atoms in total. The average molecular weight is 392 g/mol. The SMILES string of the molecule is N#Cc1ccc(-c2[nH]ncc2CNC2CCN(c3cccc(Cl)c3)C2=O)cc1. The number of benzene rings is 2. The molecule has 0 bridgehead atoms. The molecule has 1 saturated heterocycles. The third-order valence-corrected chi connectivity index (χ3v) is 5.12. The standard InChI is InChI=1S/C21H18ClN5O/c22-17-2-1-3-18(10-17)27-9-8-19(21(27)28)24-12-16-13-25-26-20(16)15-6-4-14(11-23)5-7-15/h1-7,10,13,19,24H,8-9,12H2,(H,25,26). The third-order valence-electron chi connectivity index (χ3n) is 4.88. The normalized spacial score (nSPS) is 16.4. The van der Waals surface area contributed by atoms with E-state index in [1.54, 1.807) is 35.4 Å². The monoisotopic (exact) mass is 391 g/mol. The van der Waals surface area contributed by atoms with Gasteiger partial charge in [-0.3, -0.25) is 9.89 Å². The van der Waals surface area contributed by atoms with E-state index in [-0.39, 0.29) is 11.9 Å². The predicted octanol–water partition coefficient (Wildman–Crippen LogP) is 3.50. The smallest absolute Gasteiger partial charge is 0.244 e. The molecule has 140 valence electrons. The van der Waals surface area contributed by atoms with Crippen LogP contribution >= 0.6 is 11.6 Å². The number of carbonyl (C=O) groups excluding carboxylic acids is 1. The van der Waals surface area contributed by atoms with Gasteiger partial charge in [-0.1, -0.05) is 29.8 Å². The second-order valence-corrected chi connectivity index (χ2v) is 7.09. The highest BCUT2D eigenvalue weighted by atomic mass is 35.5. The number of amides is 1. The van der Waals surface area contributed by atoms with Gasteiger partial charge in [0.2, 0.25) is 5.91 Å². The van der Waals surface area contributed by atoms with Crippen LogP contribution in [0.2, 0.25) is 5.02 Å². The minimum Gasteiger partial charge on any atom is -0.311 e. The van der Waals surface area contributed by atoms with Gasteiger partial charge in [-0.15, -0.1) is 0 Å². The van der Waals surface area contributed by atoms with E-state index in [0.29, 0.717) is 23.7 Å². The quantitative estimate of drug-likeness (QED) is 0.697. The number of aromatic nitrogens is 2. The first-order valence-electron chi connectivity index (χ1n) is 8.99. The summed E-state index contributed by atoms with van der Waals surface area (Å²) in [5, 5.41) is 20.0. The molecule has 1 atom stereocenters. The largest absolute Gasteiger partial charge is 0.311 e. The highest BCUT2D eigenvalue weighted by Crippen LogP contribution is 2.25. The van der Waals surface area contributed by atoms with Crippen LogP contribution in [0.15, 0.2) is 54.7 Å². The Hall–Kier alpha value is -3.14. The van der Waals surface area contributed by atoms with E-state index in [1.807, 2.05) is 24.3 Å². The fourth-order valence-corrected chi connectivity index (χ4v) is 3.59. The molecule has 0 spiro atoms. The Labute approximate surface area is 167 Å². The number of nitrogens with zero attached hydrogens (tertiary/aromatic N) is 3. The predicted molar refractivity (Wildman–Crippen MR) is 108 cm³/mol. The average Bonchev–Trinajstić information content (AvgIpc) is 3.33. The molecule has 0 radical (unpaired) electrons. The lowest BCUT2D eigenvalue weighted by atomic mass is 10.1. The number of halogens is 1. The first-order valence-corrected chi connectivity index (χ1v) is 9.36. The number of H-pyrrole nitrogens is 1. The first kappa shape index (κ1) is 18.2. The second-order valence-electron chi connectivity index (χ2n) is 6.65. The summed E-state index contributed by atoms with van der Waals surface area (Å²) >= 11 is 6.05. The number of rotatable bonds is 5. The molecule has 2 N–H and O–H groups in total. The summed E-state index contributed by atoms with van der Waals surface area (Å²) < 4.78 is 0. The summed E-state index contributed by atoms with van der Waals surface area (Å²) in [6.45, 7) is 1.18. The number of aromatic amines is 1. The lowest BCUT2D eigenvalue weighted by Gasteiger charge is -2.17. The van der Waals surface area contributed by atoms with E-state index < -0.39 is 0 Å². The maximum Gasteiger partial charge on any atom is 0.244 e. The van der Waals surface area contributed by atoms with Crippen molar-refractivity contribution in [1.29, 1.82) is 5.26 Å². The van der Waals surface area contributed by atoms with E-state index in [9.17, 15) is 4.79 Å². The van der Waals surface area contributed by atoms with Crippen molar-refractivity contribution in [3.05, 3.63) is 70.9 Å². The van der Waals surface area contributed by atoms with Gasteiger partial charge in [0.1, 0.15) is 0 Å². The molecule has 2 heterocycles. The van der Waals surface area contributed by atoms with Crippen LogP contribution in [0.5, 0.6) is 0 Å². The van der Waals surface area contributed by atoms with Crippen LogP contribution < -0.4 is 10.2 Å². The number of nitriles is 1. The number of anilines is 1. The Bertz CT molecular complexity index is 1040. The Morgan fingerprint density at radius 1 is 1.29 bits per heavy atom. The molecule has 1 aromatic heterocycles. The maximum absolute atomic E-state index is 12.8. The van der Waals surface area contributed by atoms with Crippen LogP contribution in [0.3, 0.4) is 0 Å². The summed E-state index contributed by atoms with van der Waals surface area (Å²) in [4.78, 5) is 14.5. The van der Waals surface area contributed by atoms with Crippen molar-refractivity contribution in [3.8, 4) is 17.3 Å². The molecular weight excluding hydrogens is 374 g/mol. The number of carbonyl (C=O) groups is 1. The lowest BCUT2D eigenvalue weighted by molar-refractivity contribution is -0.118. The molecule has 2 aromatic carbocycles. The van der Waals surface area contributed by atoms with E-state index in [2.05, 4.69) is 21.6 Å². The summed E-state index contributed by atoms with van der Waals surface area (Å²) in [7, 11) is 0. The molecule has 4 rings (SSSR count). The fraction of sp³-hybridized carbons (Fsp3) is 0.190. The van der Waals surface area contributed by atoms with Gasteiger partial charge in [-0.05, 0) is 42.3 Å². The number of hydrogen-bond donors (Lipinski definition) is 2. The van der Waals surface area contributed by atoms with Crippen molar-refractivity contribution < 1.29 is 4.79 Å². The molecular formula is C21H18ClN5O. The molecule has 1 fully saturated rings. The summed E-state index contributed by atoms with van der Waals surface area (Å²) in [6.07, 6.45) is 2.49. The van der Waals surface area contributed by atoms with Crippen molar-refractivity contribution in [2.75, 3.05) is 11.4 Å². The zero-order chi connectivity index (χ0) is 19.5. The van der Waals surface area contributed by atoms with Crippen molar-refractivity contribution in [2.24, 2.45) is 0 Å². The van der Waals surface area contributed by atoms with Crippen LogP contribution in [0.25, 0.3) is 11.3 Å². The highest BCUT2D eigenvalue weighted by molar-refractivity contribution is 6.31. The van der Waals surface area contributed by atoms with Gasteiger partial charge in [0, 0.05) is 29.4 Å². The number of hydrogen-bond acceptors (Lipinski definition) is 4. The van der Waals surface area contributed by atoms with Crippen molar-refractivity contribution in [3.63, 3.8) is 0 Å². The van der Waals surface area contributed by atoms with Crippen LogP contribution in [0, 0.1) is 11.3 Å². The first-order chi connectivity index (χ1) is 13.7. The minimum absolute atomic E-state index is 0.0469. The zero-order valence-corrected chi connectivity index (χ0v) is 15.8. The Kier molecular flexibility index (Phi) is 5.11. The fourth-order valence-electron chi connectivity index (χ4n) is 3.41. The second kappa shape index (κ2) is 7.85. The molecule has 3 aromatic rings. The van der Waals surface area contributed by atoms with Crippen LogP contribution in [-0.2, 0) is 11.3 Å². The van der Waals surface area contributed by atoms with E-state index in [1.165, 1.54) is 0 Å². The molecule has 0 saturated carbocycles. The topological polar surface area (TPSA) is 84.8 Å². The van der Waals surface area contributed by atoms with Gasteiger partial charge in [0.25, 0.3) is 0 Å². The van der Waals surface area contributed by atoms with Gasteiger partial charge < -0.3 is 10.2 Å².